The highest BCUT2D eigenvalue weighted by atomic mass is 32.1. The van der Waals surface area contributed by atoms with Crippen LogP contribution in [0.25, 0.3) is 11.3 Å². The second-order valence-corrected chi connectivity index (χ2v) is 12.5. The SMILES string of the molecule is CN1CCn2nc(Nc3cc(-c4ccc5c(c4)CCCC5NC(=O)c4cnc(C(C)(C)C)s4)ncn3)cc2C1. The Labute approximate surface area is 232 Å². The predicted octanol–water partition coefficient (Wildman–Crippen LogP) is 5.09. The topological polar surface area (TPSA) is 101 Å². The van der Waals surface area contributed by atoms with Crippen LogP contribution in [0.2, 0.25) is 0 Å². The number of thiazole rings is 1. The molecule has 1 aromatic carbocycles. The number of nitrogens with zero attached hydrogens (tertiary/aromatic N) is 6. The van der Waals surface area contributed by atoms with Gasteiger partial charge in [-0.05, 0) is 43.5 Å². The Hall–Kier alpha value is -3.63. The fourth-order valence-electron chi connectivity index (χ4n) is 5.25. The van der Waals surface area contributed by atoms with Crippen molar-refractivity contribution >= 4 is 28.9 Å². The van der Waals surface area contributed by atoms with E-state index in [9.17, 15) is 4.79 Å². The second-order valence-electron chi connectivity index (χ2n) is 11.5. The molecule has 4 heterocycles. The van der Waals surface area contributed by atoms with Gasteiger partial charge in [-0.15, -0.1) is 11.3 Å². The molecule has 2 aliphatic rings. The lowest BCUT2D eigenvalue weighted by Crippen LogP contribution is -2.30. The number of nitrogens with one attached hydrogen (secondary N) is 2. The third kappa shape index (κ3) is 5.44. The average molecular weight is 543 g/mol. The predicted molar refractivity (Wildman–Crippen MR) is 153 cm³/mol. The van der Waals surface area contributed by atoms with Crippen molar-refractivity contribution < 1.29 is 4.79 Å². The maximum Gasteiger partial charge on any atom is 0.263 e. The molecule has 0 saturated carbocycles. The molecule has 1 aliphatic heterocycles. The first-order valence-corrected chi connectivity index (χ1v) is 14.3. The number of aryl methyl sites for hydroxylation is 1. The average Bonchev–Trinajstić information content (AvgIpc) is 3.56. The molecule has 6 rings (SSSR count). The van der Waals surface area contributed by atoms with Crippen LogP contribution >= 0.6 is 11.3 Å². The quantitative estimate of drug-likeness (QED) is 0.362. The number of likely N-dealkylation sites (N-methyl/N-ethyl adjacent to an activating group) is 1. The van der Waals surface area contributed by atoms with E-state index in [2.05, 4.69) is 92.4 Å². The van der Waals surface area contributed by atoms with Gasteiger partial charge < -0.3 is 10.6 Å². The van der Waals surface area contributed by atoms with Crippen molar-refractivity contribution in [3.63, 3.8) is 0 Å². The number of amides is 1. The molecule has 2 N–H and O–H groups in total. The number of carbonyl (C=O) groups is 1. The van der Waals surface area contributed by atoms with E-state index in [4.69, 9.17) is 0 Å². The zero-order valence-electron chi connectivity index (χ0n) is 22.9. The zero-order chi connectivity index (χ0) is 27.1. The van der Waals surface area contributed by atoms with Crippen molar-refractivity contribution in [3.8, 4) is 11.3 Å². The molecule has 1 aliphatic carbocycles. The van der Waals surface area contributed by atoms with Gasteiger partial charge in [-0.1, -0.05) is 32.9 Å². The van der Waals surface area contributed by atoms with Crippen molar-refractivity contribution in [3.05, 3.63) is 69.6 Å². The van der Waals surface area contributed by atoms with E-state index in [0.29, 0.717) is 10.7 Å². The summed E-state index contributed by atoms with van der Waals surface area (Å²) in [5.41, 5.74) is 5.45. The van der Waals surface area contributed by atoms with Crippen LogP contribution in [0.1, 0.15) is 71.2 Å². The van der Waals surface area contributed by atoms with Gasteiger partial charge in [-0.3, -0.25) is 14.4 Å². The fourth-order valence-corrected chi connectivity index (χ4v) is 6.13. The van der Waals surface area contributed by atoms with Gasteiger partial charge in [0, 0.05) is 36.2 Å². The number of aromatic nitrogens is 5. The largest absolute Gasteiger partial charge is 0.344 e. The van der Waals surface area contributed by atoms with E-state index in [1.807, 2.05) is 6.07 Å². The van der Waals surface area contributed by atoms with Crippen LogP contribution in [-0.2, 0) is 24.9 Å². The molecule has 0 fully saturated rings. The molecule has 1 amide bonds. The molecule has 202 valence electrons. The van der Waals surface area contributed by atoms with Crippen LogP contribution in [0, 0.1) is 0 Å². The van der Waals surface area contributed by atoms with Gasteiger partial charge in [0.15, 0.2) is 5.82 Å². The highest BCUT2D eigenvalue weighted by Gasteiger charge is 2.25. The van der Waals surface area contributed by atoms with Gasteiger partial charge in [-0.25, -0.2) is 15.0 Å². The highest BCUT2D eigenvalue weighted by molar-refractivity contribution is 7.13. The van der Waals surface area contributed by atoms with Gasteiger partial charge in [0.05, 0.1) is 35.2 Å². The van der Waals surface area contributed by atoms with E-state index in [0.717, 1.165) is 61.0 Å². The molecular weight excluding hydrogens is 508 g/mol. The van der Waals surface area contributed by atoms with E-state index >= 15 is 0 Å². The summed E-state index contributed by atoms with van der Waals surface area (Å²) in [5.74, 6) is 1.46. The van der Waals surface area contributed by atoms with E-state index in [1.54, 1.807) is 12.5 Å². The number of carbonyl (C=O) groups excluding carboxylic acids is 1. The van der Waals surface area contributed by atoms with Gasteiger partial charge in [0.2, 0.25) is 0 Å². The summed E-state index contributed by atoms with van der Waals surface area (Å²) >= 11 is 1.48. The third-order valence-corrected chi connectivity index (χ3v) is 8.76. The monoisotopic (exact) mass is 542 g/mol. The summed E-state index contributed by atoms with van der Waals surface area (Å²) in [5, 5.41) is 12.3. The molecule has 4 aromatic rings. The van der Waals surface area contributed by atoms with Crippen molar-refractivity contribution in [2.75, 3.05) is 18.9 Å². The normalized spacial score (nSPS) is 17.4. The molecule has 9 nitrogen and oxygen atoms in total. The molecule has 39 heavy (non-hydrogen) atoms. The Bertz CT molecular complexity index is 1520. The summed E-state index contributed by atoms with van der Waals surface area (Å²) in [7, 11) is 2.12. The summed E-state index contributed by atoms with van der Waals surface area (Å²) in [6.45, 7) is 9.12. The summed E-state index contributed by atoms with van der Waals surface area (Å²) in [6.07, 6.45) is 6.22. The van der Waals surface area contributed by atoms with Crippen LogP contribution in [0.5, 0.6) is 0 Å². The number of rotatable bonds is 5. The number of hydrogen-bond acceptors (Lipinski definition) is 8. The first-order chi connectivity index (χ1) is 18.7. The molecule has 10 heteroatoms. The van der Waals surface area contributed by atoms with Crippen molar-refractivity contribution in [2.45, 2.75) is 64.6 Å². The van der Waals surface area contributed by atoms with Crippen molar-refractivity contribution in [1.29, 1.82) is 0 Å². The van der Waals surface area contributed by atoms with Gasteiger partial charge in [0.25, 0.3) is 5.91 Å². The third-order valence-electron chi connectivity index (χ3n) is 7.34. The van der Waals surface area contributed by atoms with Crippen LogP contribution in [0.3, 0.4) is 0 Å². The number of benzene rings is 1. The standard InChI is InChI=1S/C29H34N8OS/c1-29(2,3)28-30-15-24(39-28)27(38)33-22-7-5-6-18-12-19(8-9-21(18)22)23-14-25(32-17-31-23)34-26-13-20-16-36(4)10-11-37(20)35-26/h8-9,12-15,17,22H,5-7,10-11,16H2,1-4H3,(H,33,38)(H,31,32,34,35). The first kappa shape index (κ1) is 25.6. The Morgan fingerprint density at radius 3 is 2.77 bits per heavy atom. The molecule has 0 radical (unpaired) electrons. The van der Waals surface area contributed by atoms with E-state index in [-0.39, 0.29) is 17.4 Å². The first-order valence-electron chi connectivity index (χ1n) is 13.5. The maximum absolute atomic E-state index is 13.0. The molecule has 1 atom stereocenters. The molecule has 0 saturated heterocycles. The lowest BCUT2D eigenvalue weighted by molar-refractivity contribution is 0.0936. The minimum Gasteiger partial charge on any atom is -0.344 e. The van der Waals surface area contributed by atoms with Gasteiger partial charge >= 0.3 is 0 Å². The Kier molecular flexibility index (Phi) is 6.68. The molecular formula is C29H34N8OS. The minimum atomic E-state index is -0.0669. The van der Waals surface area contributed by atoms with Crippen molar-refractivity contribution in [1.82, 2.24) is 34.9 Å². The molecule has 3 aromatic heterocycles. The zero-order valence-corrected chi connectivity index (χ0v) is 23.7. The minimum absolute atomic E-state index is 0.0101. The second kappa shape index (κ2) is 10.2. The Morgan fingerprint density at radius 1 is 1.08 bits per heavy atom. The van der Waals surface area contributed by atoms with Crippen LogP contribution in [0.4, 0.5) is 11.6 Å². The van der Waals surface area contributed by atoms with Crippen molar-refractivity contribution in [2.24, 2.45) is 0 Å². The van der Waals surface area contributed by atoms with Crippen LogP contribution in [-0.4, -0.2) is 49.1 Å². The Balaban J connectivity index is 1.18. The molecule has 0 spiro atoms. The maximum atomic E-state index is 13.0. The smallest absolute Gasteiger partial charge is 0.263 e. The number of anilines is 2. The molecule has 1 unspecified atom stereocenters. The Morgan fingerprint density at radius 2 is 1.95 bits per heavy atom. The fraction of sp³-hybridized carbons (Fsp3) is 0.414. The number of fused-ring (bicyclic) bond motifs is 2. The van der Waals surface area contributed by atoms with E-state index < -0.39 is 0 Å². The highest BCUT2D eigenvalue weighted by Crippen LogP contribution is 2.34. The lowest BCUT2D eigenvalue weighted by atomic mass is 9.86. The van der Waals surface area contributed by atoms with Gasteiger partial charge in [0.1, 0.15) is 17.0 Å². The summed E-state index contributed by atoms with van der Waals surface area (Å²) in [6, 6.07) is 10.5. The van der Waals surface area contributed by atoms with E-state index in [1.165, 1.54) is 28.2 Å². The summed E-state index contributed by atoms with van der Waals surface area (Å²) in [4.78, 5) is 29.4. The lowest BCUT2D eigenvalue weighted by Gasteiger charge is -2.26. The summed E-state index contributed by atoms with van der Waals surface area (Å²) < 4.78 is 2.06. The molecule has 0 bridgehead atoms. The van der Waals surface area contributed by atoms with Crippen LogP contribution in [0.15, 0.2) is 42.9 Å². The van der Waals surface area contributed by atoms with Crippen LogP contribution < -0.4 is 10.6 Å². The number of hydrogen-bond donors (Lipinski definition) is 2. The van der Waals surface area contributed by atoms with Gasteiger partial charge in [-0.2, -0.15) is 5.10 Å².